The second-order valence-electron chi connectivity index (χ2n) is 15.7. The van der Waals surface area contributed by atoms with Crippen LogP contribution in [0.2, 0.25) is 0 Å². The van der Waals surface area contributed by atoms with Crippen molar-refractivity contribution in [2.75, 3.05) is 26.4 Å². The van der Waals surface area contributed by atoms with E-state index in [1.54, 1.807) is 0 Å². The van der Waals surface area contributed by atoms with Crippen LogP contribution in [-0.2, 0) is 27.9 Å². The SMILES string of the molecule is CCCCC/C=C\C/C=C\C/C=C\C/C=C\CCCCCC(=O)NCCOP(=O)(O)OCC(O)COC(=O)CCCCCCCCCCC/C=C/CCCCCCCC. The Morgan fingerprint density at radius 3 is 1.44 bits per heavy atom. The van der Waals surface area contributed by atoms with Crippen molar-refractivity contribution in [3.8, 4) is 0 Å². The first-order valence-corrected chi connectivity index (χ1v) is 25.3. The van der Waals surface area contributed by atoms with Gasteiger partial charge in [-0.05, 0) is 83.5 Å². The maximum atomic E-state index is 12.1. The summed E-state index contributed by atoms with van der Waals surface area (Å²) in [7, 11) is -4.43. The van der Waals surface area contributed by atoms with E-state index >= 15 is 0 Å². The summed E-state index contributed by atoms with van der Waals surface area (Å²) in [6.07, 6.45) is 54.4. The van der Waals surface area contributed by atoms with E-state index in [0.717, 1.165) is 64.2 Å². The van der Waals surface area contributed by atoms with Crippen molar-refractivity contribution in [2.24, 2.45) is 0 Å². The molecule has 0 heterocycles. The zero-order valence-electron chi connectivity index (χ0n) is 37.7. The molecule has 59 heavy (non-hydrogen) atoms. The predicted molar refractivity (Wildman–Crippen MR) is 247 cm³/mol. The average Bonchev–Trinajstić information content (AvgIpc) is 3.22. The van der Waals surface area contributed by atoms with Crippen LogP contribution in [0.4, 0.5) is 0 Å². The second-order valence-corrected chi connectivity index (χ2v) is 17.2. The molecule has 2 atom stereocenters. The summed E-state index contributed by atoms with van der Waals surface area (Å²) in [5, 5.41) is 12.7. The van der Waals surface area contributed by atoms with Gasteiger partial charge in [0.1, 0.15) is 12.7 Å². The molecule has 9 nitrogen and oxygen atoms in total. The van der Waals surface area contributed by atoms with E-state index in [2.05, 4.69) is 79.9 Å². The molecule has 1 amide bonds. The van der Waals surface area contributed by atoms with Gasteiger partial charge >= 0.3 is 13.8 Å². The second kappa shape index (κ2) is 45.2. The molecule has 0 aliphatic rings. The van der Waals surface area contributed by atoms with Crippen molar-refractivity contribution < 1.29 is 37.9 Å². The van der Waals surface area contributed by atoms with Crippen LogP contribution in [0.25, 0.3) is 0 Å². The minimum atomic E-state index is -4.43. The lowest BCUT2D eigenvalue weighted by atomic mass is 10.1. The number of aliphatic hydroxyl groups excluding tert-OH is 1. The largest absolute Gasteiger partial charge is 0.472 e. The van der Waals surface area contributed by atoms with E-state index in [1.165, 1.54) is 116 Å². The number of ether oxygens (including phenoxy) is 1. The van der Waals surface area contributed by atoms with Crippen molar-refractivity contribution in [3.05, 3.63) is 60.8 Å². The highest BCUT2D eigenvalue weighted by molar-refractivity contribution is 7.47. The molecule has 3 N–H and O–H groups in total. The van der Waals surface area contributed by atoms with Gasteiger partial charge in [-0.25, -0.2) is 4.57 Å². The van der Waals surface area contributed by atoms with E-state index in [4.69, 9.17) is 13.8 Å². The fourth-order valence-electron chi connectivity index (χ4n) is 6.30. The highest BCUT2D eigenvalue weighted by Gasteiger charge is 2.23. The van der Waals surface area contributed by atoms with Crippen LogP contribution in [0.5, 0.6) is 0 Å². The van der Waals surface area contributed by atoms with Gasteiger partial charge in [0.25, 0.3) is 0 Å². The lowest BCUT2D eigenvalue weighted by Crippen LogP contribution is -2.27. The molecule has 0 aromatic rings. The zero-order chi connectivity index (χ0) is 43.2. The molecule has 0 bridgehead atoms. The normalized spacial score (nSPS) is 13.8. The van der Waals surface area contributed by atoms with Crippen molar-refractivity contribution in [1.29, 1.82) is 0 Å². The Morgan fingerprint density at radius 2 is 0.915 bits per heavy atom. The van der Waals surface area contributed by atoms with Crippen LogP contribution in [0.15, 0.2) is 60.8 Å². The number of phosphoric ester groups is 1. The van der Waals surface area contributed by atoms with Crippen LogP contribution in [0, 0.1) is 0 Å². The number of rotatable bonds is 44. The zero-order valence-corrected chi connectivity index (χ0v) is 38.6. The highest BCUT2D eigenvalue weighted by atomic mass is 31.2. The quantitative estimate of drug-likeness (QED) is 0.0239. The lowest BCUT2D eigenvalue weighted by molar-refractivity contribution is -0.147. The first kappa shape index (κ1) is 56.7. The fourth-order valence-corrected chi connectivity index (χ4v) is 7.06. The van der Waals surface area contributed by atoms with Crippen LogP contribution >= 0.6 is 7.82 Å². The topological polar surface area (TPSA) is 131 Å². The maximum Gasteiger partial charge on any atom is 0.472 e. The van der Waals surface area contributed by atoms with Gasteiger partial charge in [0.2, 0.25) is 5.91 Å². The summed E-state index contributed by atoms with van der Waals surface area (Å²) < 4.78 is 26.9. The van der Waals surface area contributed by atoms with Gasteiger partial charge in [-0.3, -0.25) is 18.6 Å². The molecule has 0 radical (unpaired) electrons. The molecule has 0 aliphatic carbocycles. The van der Waals surface area contributed by atoms with Gasteiger partial charge in [0.05, 0.1) is 13.2 Å². The summed E-state index contributed by atoms with van der Waals surface area (Å²) >= 11 is 0. The molecule has 2 unspecified atom stereocenters. The molecule has 0 saturated carbocycles. The van der Waals surface area contributed by atoms with E-state index < -0.39 is 26.5 Å². The number of phosphoric acid groups is 1. The molecule has 0 aromatic heterocycles. The third kappa shape index (κ3) is 46.6. The number of nitrogens with one attached hydrogen (secondary N) is 1. The Hall–Kier alpha value is -2.29. The number of esters is 1. The van der Waals surface area contributed by atoms with Gasteiger partial charge < -0.3 is 20.1 Å². The summed E-state index contributed by atoms with van der Waals surface area (Å²) in [6.45, 7) is 3.49. The average molecular weight is 850 g/mol. The molecule has 10 heteroatoms. The molecular formula is C49H88NO8P. The Morgan fingerprint density at radius 1 is 0.525 bits per heavy atom. The van der Waals surface area contributed by atoms with Crippen molar-refractivity contribution in [2.45, 2.75) is 213 Å². The third-order valence-corrected chi connectivity index (χ3v) is 10.9. The fraction of sp³-hybridized carbons (Fsp3) is 0.755. The number of allylic oxidation sites excluding steroid dienone is 10. The molecule has 0 aliphatic heterocycles. The number of hydrogen-bond acceptors (Lipinski definition) is 7. The molecule has 0 rings (SSSR count). The number of hydrogen-bond donors (Lipinski definition) is 3. The summed E-state index contributed by atoms with van der Waals surface area (Å²) in [4.78, 5) is 34.0. The number of amides is 1. The number of carbonyl (C=O) groups is 2. The van der Waals surface area contributed by atoms with Gasteiger partial charge in [-0.2, -0.15) is 0 Å². The molecule has 342 valence electrons. The van der Waals surface area contributed by atoms with Gasteiger partial charge in [-0.15, -0.1) is 0 Å². The summed E-state index contributed by atoms with van der Waals surface area (Å²) in [6, 6.07) is 0. The highest BCUT2D eigenvalue weighted by Crippen LogP contribution is 2.42. The number of aliphatic hydroxyl groups is 1. The third-order valence-electron chi connectivity index (χ3n) is 9.92. The van der Waals surface area contributed by atoms with Crippen molar-refractivity contribution in [1.82, 2.24) is 5.32 Å². The first-order chi connectivity index (χ1) is 28.8. The van der Waals surface area contributed by atoms with E-state index in [-0.39, 0.29) is 32.1 Å². The molecule has 0 fully saturated rings. The van der Waals surface area contributed by atoms with Gasteiger partial charge in [0, 0.05) is 19.4 Å². The molecule has 0 spiro atoms. The lowest BCUT2D eigenvalue weighted by Gasteiger charge is -2.15. The van der Waals surface area contributed by atoms with Crippen molar-refractivity contribution >= 4 is 19.7 Å². The Balaban J connectivity index is 3.64. The minimum absolute atomic E-state index is 0.0621. The number of unbranched alkanes of at least 4 members (excludes halogenated alkanes) is 21. The van der Waals surface area contributed by atoms with Crippen molar-refractivity contribution in [3.63, 3.8) is 0 Å². The first-order valence-electron chi connectivity index (χ1n) is 23.8. The standard InChI is InChI=1S/C49H88NO8P/c1-3-5-7-9-11-13-15-17-19-21-23-25-27-29-31-33-35-37-39-41-48(52)50-43-44-57-59(54,55)58-46-47(51)45-56-49(53)42-40-38-36-34-32-30-28-26-24-22-20-18-16-14-12-10-8-6-4-2/h11,13,17-20,23,25,29,31,47,51H,3-10,12,14-16,21-22,24,26-28,30,32-46H2,1-2H3,(H,50,52)(H,54,55)/b13-11-,19-17-,20-18+,25-23-,31-29-. The van der Waals surface area contributed by atoms with Crippen LogP contribution in [-0.4, -0.2) is 54.3 Å². The van der Waals surface area contributed by atoms with Crippen LogP contribution in [0.1, 0.15) is 206 Å². The number of carbonyl (C=O) groups excluding carboxylic acids is 2. The Labute approximate surface area is 361 Å². The maximum absolute atomic E-state index is 12.1. The van der Waals surface area contributed by atoms with Gasteiger partial charge in [0.15, 0.2) is 0 Å². The van der Waals surface area contributed by atoms with E-state index in [1.807, 2.05) is 0 Å². The monoisotopic (exact) mass is 850 g/mol. The smallest absolute Gasteiger partial charge is 0.463 e. The minimum Gasteiger partial charge on any atom is -0.463 e. The predicted octanol–water partition coefficient (Wildman–Crippen LogP) is 13.7. The van der Waals surface area contributed by atoms with Crippen LogP contribution < -0.4 is 5.32 Å². The Bertz CT molecular complexity index is 1150. The molecule has 0 aromatic carbocycles. The van der Waals surface area contributed by atoms with E-state index in [0.29, 0.717) is 6.42 Å². The van der Waals surface area contributed by atoms with E-state index in [9.17, 15) is 24.2 Å². The molecule has 0 saturated heterocycles. The Kier molecular flexibility index (Phi) is 43.5. The summed E-state index contributed by atoms with van der Waals surface area (Å²) in [5.74, 6) is -0.550. The van der Waals surface area contributed by atoms with Crippen LogP contribution in [0.3, 0.4) is 0 Å². The summed E-state index contributed by atoms with van der Waals surface area (Å²) in [5.41, 5.74) is 0. The molecular weight excluding hydrogens is 762 g/mol. The van der Waals surface area contributed by atoms with Gasteiger partial charge in [-0.1, -0.05) is 171 Å².